The Morgan fingerprint density at radius 2 is 2.00 bits per heavy atom. The number of nitrogens with zero attached hydrogens (tertiary/aromatic N) is 5. The Balaban J connectivity index is 1.50. The molecule has 0 saturated heterocycles. The number of aryl methyl sites for hydroxylation is 1. The second-order valence-electron chi connectivity index (χ2n) is 5.76. The first-order valence-electron chi connectivity index (χ1n) is 8.20. The summed E-state index contributed by atoms with van der Waals surface area (Å²) in [4.78, 5) is 4.45. The molecule has 0 aliphatic rings. The molecule has 138 valence electrons. The van der Waals surface area contributed by atoms with Gasteiger partial charge in [0.15, 0.2) is 11.0 Å². The molecule has 0 saturated carbocycles. The molecule has 3 aromatic heterocycles. The van der Waals surface area contributed by atoms with Crippen molar-refractivity contribution in [2.45, 2.75) is 17.8 Å². The smallest absolute Gasteiger partial charge is 0.237 e. The zero-order chi connectivity index (χ0) is 18.8. The summed E-state index contributed by atoms with van der Waals surface area (Å²) in [6.07, 6.45) is 1.64. The van der Waals surface area contributed by atoms with E-state index in [0.29, 0.717) is 23.2 Å². The normalized spacial score (nSPS) is 11.1. The molecule has 0 aliphatic heterocycles. The molecule has 9 heteroatoms. The van der Waals surface area contributed by atoms with Crippen LogP contribution in [-0.2, 0) is 12.8 Å². The van der Waals surface area contributed by atoms with Crippen molar-refractivity contribution in [3.8, 4) is 28.5 Å². The van der Waals surface area contributed by atoms with Gasteiger partial charge in [0.05, 0.1) is 30.3 Å². The summed E-state index contributed by atoms with van der Waals surface area (Å²) >= 11 is 1.47. The molecule has 0 radical (unpaired) electrons. The van der Waals surface area contributed by atoms with Crippen LogP contribution in [0, 0.1) is 6.92 Å². The van der Waals surface area contributed by atoms with Crippen LogP contribution in [0.4, 0.5) is 0 Å². The van der Waals surface area contributed by atoms with E-state index >= 15 is 0 Å². The van der Waals surface area contributed by atoms with Gasteiger partial charge in [0, 0.05) is 7.05 Å². The van der Waals surface area contributed by atoms with Crippen molar-refractivity contribution in [1.82, 2.24) is 24.9 Å². The molecule has 0 aliphatic carbocycles. The zero-order valence-corrected chi connectivity index (χ0v) is 15.9. The van der Waals surface area contributed by atoms with Crippen molar-refractivity contribution in [3.05, 3.63) is 48.2 Å². The Labute approximate surface area is 159 Å². The van der Waals surface area contributed by atoms with Crippen LogP contribution in [0.2, 0.25) is 0 Å². The van der Waals surface area contributed by atoms with Gasteiger partial charge >= 0.3 is 0 Å². The van der Waals surface area contributed by atoms with Gasteiger partial charge in [-0.15, -0.1) is 10.2 Å². The molecule has 4 aromatic rings. The lowest BCUT2D eigenvalue weighted by molar-refractivity contribution is 0.390. The summed E-state index contributed by atoms with van der Waals surface area (Å²) in [7, 11) is 3.53. The number of methoxy groups -OCH3 is 1. The number of ether oxygens (including phenoxy) is 1. The molecule has 0 amide bonds. The largest absolute Gasteiger partial charge is 0.496 e. The highest BCUT2D eigenvalue weighted by Gasteiger charge is 2.17. The first kappa shape index (κ1) is 17.3. The summed E-state index contributed by atoms with van der Waals surface area (Å²) < 4.78 is 18.0. The number of thioether (sulfide) groups is 1. The molecule has 3 heterocycles. The van der Waals surface area contributed by atoms with Gasteiger partial charge in [0.25, 0.3) is 0 Å². The third kappa shape index (κ3) is 3.33. The molecule has 0 atom stereocenters. The number of aromatic nitrogens is 5. The highest BCUT2D eigenvalue weighted by atomic mass is 32.2. The highest BCUT2D eigenvalue weighted by molar-refractivity contribution is 7.98. The molecular formula is C18H17N5O3S. The quantitative estimate of drug-likeness (QED) is 0.465. The summed E-state index contributed by atoms with van der Waals surface area (Å²) in [5, 5.41) is 13.3. The van der Waals surface area contributed by atoms with Crippen LogP contribution in [0.15, 0.2) is 50.7 Å². The summed E-state index contributed by atoms with van der Waals surface area (Å²) in [6, 6.07) is 9.43. The van der Waals surface area contributed by atoms with Gasteiger partial charge in [-0.1, -0.05) is 29.1 Å². The van der Waals surface area contributed by atoms with Gasteiger partial charge in [0.1, 0.15) is 11.5 Å². The number of furan rings is 1. The predicted molar refractivity (Wildman–Crippen MR) is 99.3 cm³/mol. The van der Waals surface area contributed by atoms with Gasteiger partial charge in [-0.3, -0.25) is 0 Å². The average molecular weight is 383 g/mol. The van der Waals surface area contributed by atoms with Gasteiger partial charge in [-0.25, -0.2) is 0 Å². The third-order valence-corrected chi connectivity index (χ3v) is 5.08. The van der Waals surface area contributed by atoms with E-state index < -0.39 is 0 Å². The van der Waals surface area contributed by atoms with Gasteiger partial charge < -0.3 is 18.2 Å². The molecule has 0 fully saturated rings. The van der Waals surface area contributed by atoms with Crippen LogP contribution in [0.3, 0.4) is 0 Å². The SMILES string of the molecule is COc1ccccc1-c1noc(CSc2nnc(-c3ccoc3C)n2C)n1. The van der Waals surface area contributed by atoms with Crippen LogP contribution < -0.4 is 4.74 Å². The van der Waals surface area contributed by atoms with E-state index in [-0.39, 0.29) is 0 Å². The van der Waals surface area contributed by atoms with Gasteiger partial charge in [-0.2, -0.15) is 4.98 Å². The molecule has 8 nitrogen and oxygen atoms in total. The maximum absolute atomic E-state index is 5.37. The van der Waals surface area contributed by atoms with Crippen molar-refractivity contribution in [2.24, 2.45) is 7.05 Å². The van der Waals surface area contributed by atoms with E-state index in [9.17, 15) is 0 Å². The monoisotopic (exact) mass is 383 g/mol. The van der Waals surface area contributed by atoms with E-state index in [1.807, 2.05) is 48.9 Å². The lowest BCUT2D eigenvalue weighted by Gasteiger charge is -2.03. The summed E-state index contributed by atoms with van der Waals surface area (Å²) in [5.41, 5.74) is 1.71. The zero-order valence-electron chi connectivity index (χ0n) is 15.0. The first-order chi connectivity index (χ1) is 13.2. The predicted octanol–water partition coefficient (Wildman–Crippen LogP) is 3.73. The Hall–Kier alpha value is -3.07. The van der Waals surface area contributed by atoms with E-state index in [0.717, 1.165) is 27.9 Å². The minimum Gasteiger partial charge on any atom is -0.496 e. The number of hydrogen-bond donors (Lipinski definition) is 0. The minimum atomic E-state index is 0.485. The fraction of sp³-hybridized carbons (Fsp3) is 0.222. The first-order valence-corrected chi connectivity index (χ1v) is 9.18. The van der Waals surface area contributed by atoms with Gasteiger partial charge in [0.2, 0.25) is 11.7 Å². The Bertz CT molecular complexity index is 1070. The molecular weight excluding hydrogens is 366 g/mol. The van der Waals surface area contributed by atoms with Crippen molar-refractivity contribution < 1.29 is 13.7 Å². The fourth-order valence-electron chi connectivity index (χ4n) is 2.67. The highest BCUT2D eigenvalue weighted by Crippen LogP contribution is 2.30. The molecule has 1 aromatic carbocycles. The number of benzene rings is 1. The van der Waals surface area contributed by atoms with E-state index in [4.69, 9.17) is 13.7 Å². The fourth-order valence-corrected chi connectivity index (χ4v) is 3.42. The average Bonchev–Trinajstić information content (AvgIpc) is 3.40. The van der Waals surface area contributed by atoms with Crippen molar-refractivity contribution in [2.75, 3.05) is 7.11 Å². The van der Waals surface area contributed by atoms with Gasteiger partial charge in [-0.05, 0) is 25.1 Å². The number of hydrogen-bond acceptors (Lipinski definition) is 8. The molecule has 0 bridgehead atoms. The maximum Gasteiger partial charge on any atom is 0.237 e. The lowest BCUT2D eigenvalue weighted by atomic mass is 10.2. The maximum atomic E-state index is 5.37. The molecule has 4 rings (SSSR count). The Morgan fingerprint density at radius 3 is 2.78 bits per heavy atom. The van der Waals surface area contributed by atoms with Crippen LogP contribution in [-0.4, -0.2) is 32.0 Å². The topological polar surface area (TPSA) is 92.0 Å². The third-order valence-electron chi connectivity index (χ3n) is 4.08. The van der Waals surface area contributed by atoms with Crippen molar-refractivity contribution in [1.29, 1.82) is 0 Å². The van der Waals surface area contributed by atoms with Crippen molar-refractivity contribution in [3.63, 3.8) is 0 Å². The van der Waals surface area contributed by atoms with Crippen LogP contribution in [0.1, 0.15) is 11.7 Å². The van der Waals surface area contributed by atoms with Crippen molar-refractivity contribution >= 4 is 11.8 Å². The second-order valence-corrected chi connectivity index (χ2v) is 6.70. The standard InChI is InChI=1S/C18H17N5O3S/c1-11-12(8-9-25-11)17-20-21-18(23(17)2)27-10-15-19-16(22-26-15)13-6-4-5-7-14(13)24-3/h4-9H,10H2,1-3H3. The van der Waals surface area contributed by atoms with E-state index in [1.54, 1.807) is 13.4 Å². The second kappa shape index (κ2) is 7.28. The Morgan fingerprint density at radius 1 is 1.15 bits per heavy atom. The number of para-hydroxylation sites is 1. The lowest BCUT2D eigenvalue weighted by Crippen LogP contribution is -1.95. The Kier molecular flexibility index (Phi) is 4.68. The minimum absolute atomic E-state index is 0.485. The molecule has 0 spiro atoms. The van der Waals surface area contributed by atoms with E-state index in [1.165, 1.54) is 11.8 Å². The summed E-state index contributed by atoms with van der Waals surface area (Å²) in [6.45, 7) is 1.90. The number of rotatable bonds is 6. The van der Waals surface area contributed by atoms with Crippen LogP contribution >= 0.6 is 11.8 Å². The molecule has 0 N–H and O–H groups in total. The molecule has 27 heavy (non-hydrogen) atoms. The molecule has 0 unspecified atom stereocenters. The summed E-state index contributed by atoms with van der Waals surface area (Å²) in [5.74, 6) is 3.74. The van der Waals surface area contributed by atoms with Crippen LogP contribution in [0.5, 0.6) is 5.75 Å². The van der Waals surface area contributed by atoms with E-state index in [2.05, 4.69) is 20.3 Å². The van der Waals surface area contributed by atoms with Crippen LogP contribution in [0.25, 0.3) is 22.8 Å².